The van der Waals surface area contributed by atoms with Crippen molar-refractivity contribution in [1.82, 2.24) is 19.7 Å². The van der Waals surface area contributed by atoms with Crippen molar-refractivity contribution in [2.45, 2.75) is 42.1 Å². The molecule has 2 aromatic rings. The molecule has 2 heterocycles. The zero-order chi connectivity index (χ0) is 19.2. The molecule has 7 nitrogen and oxygen atoms in total. The van der Waals surface area contributed by atoms with Gasteiger partial charge in [-0.15, -0.1) is 16.9 Å². The SMILES string of the molecule is CSc1ccc(CN(C)C(=O)CSc2n[nH]c(=O)n2C[C@@H]2CCCO2)cc1. The summed E-state index contributed by atoms with van der Waals surface area (Å²) in [6.45, 7) is 1.77. The molecule has 27 heavy (non-hydrogen) atoms. The summed E-state index contributed by atoms with van der Waals surface area (Å²) in [5.74, 6) is 0.225. The molecule has 1 atom stereocenters. The minimum atomic E-state index is -0.261. The lowest BCUT2D eigenvalue weighted by atomic mass is 10.2. The quantitative estimate of drug-likeness (QED) is 0.675. The molecule has 1 amide bonds. The standard InChI is InChI=1S/C18H24N4O3S2/c1-21(10-13-5-7-15(26-2)8-6-13)16(23)12-27-18-20-19-17(24)22(18)11-14-4-3-9-25-14/h5-8,14H,3-4,9-12H2,1-2H3,(H,19,24)/t14-/m0/s1. The number of nitrogens with one attached hydrogen (secondary N) is 1. The predicted octanol–water partition coefficient (Wildman–Crippen LogP) is 2.22. The predicted molar refractivity (Wildman–Crippen MR) is 107 cm³/mol. The van der Waals surface area contributed by atoms with Crippen LogP contribution in [0.4, 0.5) is 0 Å². The summed E-state index contributed by atoms with van der Waals surface area (Å²) in [6.07, 6.45) is 4.04. The molecule has 0 bridgehead atoms. The molecule has 1 aliphatic rings. The number of aromatic amines is 1. The zero-order valence-electron chi connectivity index (χ0n) is 15.5. The highest BCUT2D eigenvalue weighted by atomic mass is 32.2. The molecule has 3 rings (SSSR count). The normalized spacial score (nSPS) is 16.6. The Balaban J connectivity index is 1.54. The fraction of sp³-hybridized carbons (Fsp3) is 0.500. The minimum Gasteiger partial charge on any atom is -0.376 e. The van der Waals surface area contributed by atoms with Gasteiger partial charge in [-0.2, -0.15) is 0 Å². The summed E-state index contributed by atoms with van der Waals surface area (Å²) in [6, 6.07) is 8.19. The first-order valence-corrected chi connectivity index (χ1v) is 11.0. The number of rotatable bonds is 8. The third-order valence-electron chi connectivity index (χ3n) is 4.46. The van der Waals surface area contributed by atoms with E-state index in [4.69, 9.17) is 4.74 Å². The van der Waals surface area contributed by atoms with Crippen LogP contribution in [0.5, 0.6) is 0 Å². The van der Waals surface area contributed by atoms with Gasteiger partial charge in [0.25, 0.3) is 0 Å². The molecule has 0 unspecified atom stereocenters. The first-order valence-electron chi connectivity index (χ1n) is 8.83. The van der Waals surface area contributed by atoms with Crippen LogP contribution in [0.1, 0.15) is 18.4 Å². The van der Waals surface area contributed by atoms with Gasteiger partial charge in [-0.05, 0) is 36.8 Å². The van der Waals surface area contributed by atoms with Gasteiger partial charge in [-0.3, -0.25) is 9.36 Å². The van der Waals surface area contributed by atoms with Gasteiger partial charge in [-0.25, -0.2) is 9.89 Å². The Morgan fingerprint density at radius 3 is 2.85 bits per heavy atom. The van der Waals surface area contributed by atoms with Crippen LogP contribution in [0.15, 0.2) is 39.1 Å². The topological polar surface area (TPSA) is 80.2 Å². The maximum Gasteiger partial charge on any atom is 0.344 e. The number of carbonyl (C=O) groups excluding carboxylic acids is 1. The van der Waals surface area contributed by atoms with Crippen LogP contribution in [0.2, 0.25) is 0 Å². The van der Waals surface area contributed by atoms with Crippen molar-refractivity contribution < 1.29 is 9.53 Å². The number of nitrogens with zero attached hydrogens (tertiary/aromatic N) is 3. The van der Waals surface area contributed by atoms with Crippen LogP contribution >= 0.6 is 23.5 Å². The zero-order valence-corrected chi connectivity index (χ0v) is 17.1. The number of H-pyrrole nitrogens is 1. The molecular formula is C18H24N4O3S2. The van der Waals surface area contributed by atoms with Crippen molar-refractivity contribution in [1.29, 1.82) is 0 Å². The summed E-state index contributed by atoms with van der Waals surface area (Å²) in [5.41, 5.74) is 0.825. The second-order valence-corrected chi connectivity index (χ2v) is 8.27. The Bertz CT molecular complexity index is 813. The van der Waals surface area contributed by atoms with Crippen LogP contribution < -0.4 is 5.69 Å². The van der Waals surface area contributed by atoms with Crippen LogP contribution in [-0.4, -0.2) is 57.3 Å². The molecule has 146 valence electrons. The largest absolute Gasteiger partial charge is 0.376 e. The third-order valence-corrected chi connectivity index (χ3v) is 6.17. The fourth-order valence-corrected chi connectivity index (χ4v) is 4.20. The highest BCUT2D eigenvalue weighted by Crippen LogP contribution is 2.19. The average molecular weight is 409 g/mol. The monoisotopic (exact) mass is 408 g/mol. The van der Waals surface area contributed by atoms with Gasteiger partial charge in [-0.1, -0.05) is 23.9 Å². The Labute approximate surface area is 166 Å². The lowest BCUT2D eigenvalue weighted by Gasteiger charge is -2.17. The molecule has 0 saturated carbocycles. The number of ether oxygens (including phenoxy) is 1. The maximum absolute atomic E-state index is 12.5. The number of amides is 1. The Kier molecular flexibility index (Phi) is 7.03. The molecule has 1 aromatic heterocycles. The van der Waals surface area contributed by atoms with Gasteiger partial charge < -0.3 is 9.64 Å². The lowest BCUT2D eigenvalue weighted by Crippen LogP contribution is -2.28. The molecule has 0 aliphatic carbocycles. The van der Waals surface area contributed by atoms with Crippen LogP contribution in [0, 0.1) is 0 Å². The van der Waals surface area contributed by atoms with Crippen molar-refractivity contribution in [3.8, 4) is 0 Å². The number of carbonyl (C=O) groups is 1. The van der Waals surface area contributed by atoms with Gasteiger partial charge in [0.05, 0.1) is 18.4 Å². The molecule has 1 saturated heterocycles. The van der Waals surface area contributed by atoms with Crippen molar-refractivity contribution in [3.63, 3.8) is 0 Å². The van der Waals surface area contributed by atoms with Crippen LogP contribution in [-0.2, 0) is 22.6 Å². The van der Waals surface area contributed by atoms with Crippen LogP contribution in [0.25, 0.3) is 0 Å². The molecule has 1 N–H and O–H groups in total. The summed E-state index contributed by atoms with van der Waals surface area (Å²) < 4.78 is 7.16. The highest BCUT2D eigenvalue weighted by Gasteiger charge is 2.20. The molecular weight excluding hydrogens is 384 g/mol. The van der Waals surface area contributed by atoms with Gasteiger partial charge in [0, 0.05) is 25.1 Å². The fourth-order valence-electron chi connectivity index (χ4n) is 2.90. The van der Waals surface area contributed by atoms with Gasteiger partial charge in [0.15, 0.2) is 5.16 Å². The summed E-state index contributed by atoms with van der Waals surface area (Å²) in [7, 11) is 1.79. The van der Waals surface area contributed by atoms with Crippen molar-refractivity contribution >= 4 is 29.4 Å². The number of hydrogen-bond acceptors (Lipinski definition) is 6. The molecule has 9 heteroatoms. The number of aromatic nitrogens is 3. The molecule has 1 aromatic carbocycles. The molecule has 1 fully saturated rings. The Morgan fingerprint density at radius 2 is 2.19 bits per heavy atom. The van der Waals surface area contributed by atoms with Crippen molar-refractivity contribution in [2.24, 2.45) is 0 Å². The molecule has 0 radical (unpaired) electrons. The number of benzene rings is 1. The van der Waals surface area contributed by atoms with Gasteiger partial charge >= 0.3 is 5.69 Å². The van der Waals surface area contributed by atoms with E-state index in [2.05, 4.69) is 22.3 Å². The molecule has 0 spiro atoms. The maximum atomic E-state index is 12.5. The number of thioether (sulfide) groups is 2. The molecule has 1 aliphatic heterocycles. The average Bonchev–Trinajstić information content (AvgIpc) is 3.31. The van der Waals surface area contributed by atoms with E-state index < -0.39 is 0 Å². The highest BCUT2D eigenvalue weighted by molar-refractivity contribution is 7.99. The van der Waals surface area contributed by atoms with E-state index in [1.54, 1.807) is 28.3 Å². The van der Waals surface area contributed by atoms with E-state index in [0.29, 0.717) is 18.2 Å². The number of hydrogen-bond donors (Lipinski definition) is 1. The van der Waals surface area contributed by atoms with Gasteiger partial charge in [0.2, 0.25) is 5.91 Å². The van der Waals surface area contributed by atoms with Gasteiger partial charge in [0.1, 0.15) is 0 Å². The van der Waals surface area contributed by atoms with E-state index in [-0.39, 0.29) is 23.5 Å². The smallest absolute Gasteiger partial charge is 0.344 e. The summed E-state index contributed by atoms with van der Waals surface area (Å²) in [4.78, 5) is 27.3. The van der Waals surface area contributed by atoms with E-state index in [0.717, 1.165) is 25.0 Å². The summed E-state index contributed by atoms with van der Waals surface area (Å²) in [5, 5.41) is 7.05. The van der Waals surface area contributed by atoms with Crippen LogP contribution in [0.3, 0.4) is 0 Å². The Morgan fingerprint density at radius 1 is 1.41 bits per heavy atom. The second kappa shape index (κ2) is 9.48. The lowest BCUT2D eigenvalue weighted by molar-refractivity contribution is -0.127. The minimum absolute atomic E-state index is 0.00643. The van der Waals surface area contributed by atoms with Crippen molar-refractivity contribution in [2.75, 3.05) is 25.7 Å². The first-order chi connectivity index (χ1) is 13.1. The van der Waals surface area contributed by atoms with Crippen molar-refractivity contribution in [3.05, 3.63) is 40.3 Å². The first kappa shape index (κ1) is 20.0. The van der Waals surface area contributed by atoms with E-state index in [9.17, 15) is 9.59 Å². The second-order valence-electron chi connectivity index (χ2n) is 6.44. The third kappa shape index (κ3) is 5.40. The van der Waals surface area contributed by atoms with E-state index >= 15 is 0 Å². The summed E-state index contributed by atoms with van der Waals surface area (Å²) >= 11 is 2.97. The van der Waals surface area contributed by atoms with E-state index in [1.807, 2.05) is 18.4 Å². The van der Waals surface area contributed by atoms with E-state index in [1.165, 1.54) is 16.7 Å². The Hall–Kier alpha value is -1.71.